The molecule has 2 aliphatic rings. The molecule has 11 nitrogen and oxygen atoms in total. The van der Waals surface area contributed by atoms with Crippen LogP contribution in [0.4, 0.5) is 0 Å². The van der Waals surface area contributed by atoms with Gasteiger partial charge in [-0.25, -0.2) is 4.68 Å². The SMILES string of the molecule is Cc1ccnc(CNC(=O)c2cn(-c3ccc4c(c3)C(=O)N(C3CCC(=O)NC3=O)C4)nn2)c1. The lowest BCUT2D eigenvalue weighted by Gasteiger charge is -2.29. The van der Waals surface area contributed by atoms with E-state index in [0.717, 1.165) is 16.8 Å². The van der Waals surface area contributed by atoms with Gasteiger partial charge in [0.05, 0.1) is 24.1 Å². The highest BCUT2D eigenvalue weighted by atomic mass is 16.2. The summed E-state index contributed by atoms with van der Waals surface area (Å²) in [5, 5.41) is 13.0. The Morgan fingerprint density at radius 2 is 2.06 bits per heavy atom. The fourth-order valence-corrected chi connectivity index (χ4v) is 4.14. The molecule has 34 heavy (non-hydrogen) atoms. The van der Waals surface area contributed by atoms with Gasteiger partial charge in [-0.2, -0.15) is 0 Å². The molecule has 0 aliphatic carbocycles. The highest BCUT2D eigenvalue weighted by Crippen LogP contribution is 2.29. The maximum absolute atomic E-state index is 13.0. The Balaban J connectivity index is 1.29. The van der Waals surface area contributed by atoms with Gasteiger partial charge in [0.1, 0.15) is 6.04 Å². The van der Waals surface area contributed by atoms with Gasteiger partial charge >= 0.3 is 0 Å². The van der Waals surface area contributed by atoms with E-state index in [1.165, 1.54) is 15.8 Å². The molecule has 5 rings (SSSR count). The first-order chi connectivity index (χ1) is 16.4. The van der Waals surface area contributed by atoms with E-state index >= 15 is 0 Å². The Hall–Kier alpha value is -4.41. The number of hydrogen-bond donors (Lipinski definition) is 2. The average molecular weight is 459 g/mol. The highest BCUT2D eigenvalue weighted by Gasteiger charge is 2.39. The molecular formula is C23H21N7O4. The molecule has 0 radical (unpaired) electrons. The number of pyridine rings is 1. The van der Waals surface area contributed by atoms with E-state index in [1.807, 2.05) is 19.1 Å². The molecule has 0 saturated carbocycles. The van der Waals surface area contributed by atoms with Crippen molar-refractivity contribution in [2.24, 2.45) is 0 Å². The summed E-state index contributed by atoms with van der Waals surface area (Å²) in [7, 11) is 0. The van der Waals surface area contributed by atoms with Gasteiger partial charge in [-0.05, 0) is 48.7 Å². The molecule has 1 saturated heterocycles. The first kappa shape index (κ1) is 21.4. The van der Waals surface area contributed by atoms with Gasteiger partial charge in [0.25, 0.3) is 11.8 Å². The van der Waals surface area contributed by atoms with Crippen molar-refractivity contribution < 1.29 is 19.2 Å². The molecular weight excluding hydrogens is 438 g/mol. The Kier molecular flexibility index (Phi) is 5.36. The van der Waals surface area contributed by atoms with Gasteiger partial charge in [0.15, 0.2) is 5.69 Å². The quantitative estimate of drug-likeness (QED) is 0.534. The molecule has 1 unspecified atom stereocenters. The third-order valence-electron chi connectivity index (χ3n) is 5.90. The lowest BCUT2D eigenvalue weighted by molar-refractivity contribution is -0.136. The van der Waals surface area contributed by atoms with Crippen LogP contribution in [0.2, 0.25) is 0 Å². The van der Waals surface area contributed by atoms with Crippen LogP contribution in [0.1, 0.15) is 50.5 Å². The Morgan fingerprint density at radius 1 is 1.21 bits per heavy atom. The number of fused-ring (bicyclic) bond motifs is 1. The number of aryl methyl sites for hydroxylation is 1. The summed E-state index contributed by atoms with van der Waals surface area (Å²) in [6.45, 7) is 2.50. The molecule has 0 bridgehead atoms. The second-order valence-electron chi connectivity index (χ2n) is 8.30. The number of carbonyl (C=O) groups excluding carboxylic acids is 4. The fraction of sp³-hybridized carbons (Fsp3) is 0.261. The number of hydrogen-bond acceptors (Lipinski definition) is 7. The topological polar surface area (TPSA) is 139 Å². The molecule has 2 aromatic heterocycles. The normalized spacial score (nSPS) is 17.5. The van der Waals surface area contributed by atoms with Crippen molar-refractivity contribution in [1.29, 1.82) is 0 Å². The summed E-state index contributed by atoms with van der Waals surface area (Å²) in [6.07, 6.45) is 3.67. The number of aromatic nitrogens is 4. The average Bonchev–Trinajstić information content (AvgIpc) is 3.43. The van der Waals surface area contributed by atoms with Gasteiger partial charge in [-0.15, -0.1) is 5.10 Å². The summed E-state index contributed by atoms with van der Waals surface area (Å²) in [5.41, 5.74) is 3.70. The summed E-state index contributed by atoms with van der Waals surface area (Å²) in [6, 6.07) is 8.31. The van der Waals surface area contributed by atoms with E-state index in [9.17, 15) is 19.2 Å². The first-order valence-electron chi connectivity index (χ1n) is 10.8. The largest absolute Gasteiger partial charge is 0.345 e. The Labute approximate surface area is 194 Å². The Bertz CT molecular complexity index is 1330. The molecule has 2 aliphatic heterocycles. The number of nitrogens with zero attached hydrogens (tertiary/aromatic N) is 5. The van der Waals surface area contributed by atoms with Crippen molar-refractivity contribution in [3.8, 4) is 5.69 Å². The second-order valence-corrected chi connectivity index (χ2v) is 8.30. The van der Waals surface area contributed by atoms with Crippen LogP contribution in [0.3, 0.4) is 0 Å². The van der Waals surface area contributed by atoms with Crippen molar-refractivity contribution in [3.63, 3.8) is 0 Å². The van der Waals surface area contributed by atoms with Crippen LogP contribution in [0.25, 0.3) is 5.69 Å². The highest BCUT2D eigenvalue weighted by molar-refractivity contribution is 6.05. The van der Waals surface area contributed by atoms with Crippen LogP contribution in [0.15, 0.2) is 42.7 Å². The third kappa shape index (κ3) is 4.03. The van der Waals surface area contributed by atoms with E-state index in [1.54, 1.807) is 24.4 Å². The summed E-state index contributed by atoms with van der Waals surface area (Å²) in [4.78, 5) is 54.8. The smallest absolute Gasteiger partial charge is 0.273 e. The maximum atomic E-state index is 13.0. The molecule has 0 spiro atoms. The molecule has 1 fully saturated rings. The van der Waals surface area contributed by atoms with Crippen LogP contribution >= 0.6 is 0 Å². The number of amides is 4. The van der Waals surface area contributed by atoms with Crippen LogP contribution < -0.4 is 10.6 Å². The zero-order valence-electron chi connectivity index (χ0n) is 18.3. The van der Waals surface area contributed by atoms with Crippen LogP contribution in [-0.4, -0.2) is 54.5 Å². The lowest BCUT2D eigenvalue weighted by atomic mass is 10.0. The van der Waals surface area contributed by atoms with Gasteiger partial charge in [-0.3, -0.25) is 29.5 Å². The number of benzene rings is 1. The molecule has 11 heteroatoms. The van der Waals surface area contributed by atoms with Crippen molar-refractivity contribution in [1.82, 2.24) is 35.5 Å². The monoisotopic (exact) mass is 459 g/mol. The first-order valence-corrected chi connectivity index (χ1v) is 10.8. The van der Waals surface area contributed by atoms with Gasteiger partial charge < -0.3 is 10.2 Å². The summed E-state index contributed by atoms with van der Waals surface area (Å²) >= 11 is 0. The van der Waals surface area contributed by atoms with Crippen molar-refractivity contribution in [2.75, 3.05) is 0 Å². The number of rotatable bonds is 5. The van der Waals surface area contributed by atoms with Crippen LogP contribution in [0.5, 0.6) is 0 Å². The molecule has 1 aromatic carbocycles. The predicted molar refractivity (Wildman–Crippen MR) is 118 cm³/mol. The zero-order chi connectivity index (χ0) is 23.8. The molecule has 4 amide bonds. The van der Waals surface area contributed by atoms with Crippen molar-refractivity contribution in [3.05, 3.63) is 70.8 Å². The minimum atomic E-state index is -0.675. The summed E-state index contributed by atoms with van der Waals surface area (Å²) in [5.74, 6) is -1.45. The fourth-order valence-electron chi connectivity index (χ4n) is 4.14. The molecule has 172 valence electrons. The van der Waals surface area contributed by atoms with Gasteiger partial charge in [0, 0.05) is 24.7 Å². The standard InChI is InChI=1S/C23H21N7O4/c1-13-6-7-24-15(8-13)10-25-21(32)18-12-30(28-27-18)16-3-2-14-11-29(23(34)17(14)9-16)19-4-5-20(31)26-22(19)33/h2-3,6-9,12,19H,4-5,10-11H2,1H3,(H,25,32)(H,26,31,33). The predicted octanol–water partition coefficient (Wildman–Crippen LogP) is 0.662. The summed E-state index contributed by atoms with van der Waals surface area (Å²) < 4.78 is 1.42. The second kappa shape index (κ2) is 8.50. The van der Waals surface area contributed by atoms with E-state index in [-0.39, 0.29) is 30.5 Å². The number of imide groups is 1. The van der Waals surface area contributed by atoms with Gasteiger partial charge in [0.2, 0.25) is 11.8 Å². The van der Waals surface area contributed by atoms with E-state index in [0.29, 0.717) is 24.2 Å². The Morgan fingerprint density at radius 3 is 2.85 bits per heavy atom. The van der Waals surface area contributed by atoms with Crippen LogP contribution in [-0.2, 0) is 22.7 Å². The van der Waals surface area contributed by atoms with Gasteiger partial charge in [-0.1, -0.05) is 11.3 Å². The number of carbonyl (C=O) groups is 4. The van der Waals surface area contributed by atoms with Crippen LogP contribution in [0, 0.1) is 6.92 Å². The molecule has 3 aromatic rings. The van der Waals surface area contributed by atoms with E-state index < -0.39 is 17.9 Å². The lowest BCUT2D eigenvalue weighted by Crippen LogP contribution is -2.52. The van der Waals surface area contributed by atoms with E-state index in [4.69, 9.17) is 0 Å². The minimum absolute atomic E-state index is 0.129. The van der Waals surface area contributed by atoms with Crippen molar-refractivity contribution >= 4 is 23.6 Å². The zero-order valence-corrected chi connectivity index (χ0v) is 18.3. The van der Waals surface area contributed by atoms with Crippen molar-refractivity contribution in [2.45, 2.75) is 38.9 Å². The molecule has 1 atom stereocenters. The third-order valence-corrected chi connectivity index (χ3v) is 5.90. The van der Waals surface area contributed by atoms with E-state index in [2.05, 4.69) is 25.9 Å². The molecule has 2 N–H and O–H groups in total. The number of nitrogens with one attached hydrogen (secondary N) is 2. The maximum Gasteiger partial charge on any atom is 0.273 e. The molecule has 4 heterocycles. The minimum Gasteiger partial charge on any atom is -0.345 e. The number of piperidine rings is 1.